The summed E-state index contributed by atoms with van der Waals surface area (Å²) in [5.74, 6) is 0. The van der Waals surface area contributed by atoms with Gasteiger partial charge in [-0.25, -0.2) is 8.42 Å². The van der Waals surface area contributed by atoms with Crippen LogP contribution in [0, 0.1) is 0 Å². The van der Waals surface area contributed by atoms with Crippen LogP contribution >= 0.6 is 22.3 Å². The normalized spacial score (nSPS) is 11.5. The van der Waals surface area contributed by atoms with Crippen LogP contribution < -0.4 is 5.56 Å². The Bertz CT molecular complexity index is 450. The average Bonchev–Trinajstić information content (AvgIpc) is 1.92. The molecule has 0 saturated carbocycles. The molecule has 4 nitrogen and oxygen atoms in total. The minimum atomic E-state index is -3.94. The molecule has 0 unspecified atom stereocenters. The van der Waals surface area contributed by atoms with E-state index < -0.39 is 19.6 Å². The minimum Gasteiger partial charge on any atom is -0.328 e. The fourth-order valence-electron chi connectivity index (χ4n) is 0.630. The summed E-state index contributed by atoms with van der Waals surface area (Å²) in [6.45, 7) is 0. The molecule has 7 heteroatoms. The highest BCUT2D eigenvalue weighted by molar-refractivity contribution is 8.13. The van der Waals surface area contributed by atoms with Crippen molar-refractivity contribution in [1.82, 2.24) is 4.98 Å². The highest BCUT2D eigenvalue weighted by Gasteiger charge is 2.15. The second-order valence-corrected chi connectivity index (χ2v) is 4.84. The molecule has 12 heavy (non-hydrogen) atoms. The Labute approximate surface area is 77.5 Å². The zero-order valence-electron chi connectivity index (χ0n) is 5.54. The van der Waals surface area contributed by atoms with E-state index in [4.69, 9.17) is 22.3 Å². The third-order valence-corrected chi connectivity index (χ3v) is 2.98. The van der Waals surface area contributed by atoms with Crippen molar-refractivity contribution in [1.29, 1.82) is 0 Å². The Morgan fingerprint density at radius 2 is 2.00 bits per heavy atom. The lowest BCUT2D eigenvalue weighted by atomic mass is 10.5. The molecule has 0 fully saturated rings. The van der Waals surface area contributed by atoms with E-state index in [0.717, 1.165) is 12.3 Å². The summed E-state index contributed by atoms with van der Waals surface area (Å²) >= 11 is 5.37. The number of hydrogen-bond donors (Lipinski definition) is 1. The third-order valence-electron chi connectivity index (χ3n) is 1.13. The van der Waals surface area contributed by atoms with E-state index in [2.05, 4.69) is 4.98 Å². The number of halogens is 2. The number of H-pyrrole nitrogens is 1. The number of aromatic amines is 1. The van der Waals surface area contributed by atoms with Gasteiger partial charge in [-0.15, -0.1) is 0 Å². The predicted molar refractivity (Wildman–Crippen MR) is 45.1 cm³/mol. The van der Waals surface area contributed by atoms with Gasteiger partial charge < -0.3 is 4.98 Å². The highest BCUT2D eigenvalue weighted by atomic mass is 35.7. The molecule has 0 atom stereocenters. The van der Waals surface area contributed by atoms with Gasteiger partial charge in [-0.1, -0.05) is 11.6 Å². The molecule has 0 aromatic carbocycles. The summed E-state index contributed by atoms with van der Waals surface area (Å²) in [5, 5.41) is -0.424. The number of rotatable bonds is 1. The molecular weight excluding hydrogens is 225 g/mol. The van der Waals surface area contributed by atoms with Crippen molar-refractivity contribution in [2.45, 2.75) is 4.90 Å². The van der Waals surface area contributed by atoms with Crippen LogP contribution in [0.15, 0.2) is 22.0 Å². The van der Waals surface area contributed by atoms with E-state index in [1.165, 1.54) is 0 Å². The lowest BCUT2D eigenvalue weighted by molar-refractivity contribution is 0.609. The van der Waals surface area contributed by atoms with Crippen LogP contribution in [0.4, 0.5) is 0 Å². The number of aromatic nitrogens is 1. The van der Waals surface area contributed by atoms with Crippen LogP contribution in [-0.4, -0.2) is 13.4 Å². The van der Waals surface area contributed by atoms with Gasteiger partial charge in [-0.05, 0) is 6.07 Å². The molecule has 1 heterocycles. The monoisotopic (exact) mass is 227 g/mol. The summed E-state index contributed by atoms with van der Waals surface area (Å²) in [4.78, 5) is 12.6. The smallest absolute Gasteiger partial charge is 0.268 e. The Morgan fingerprint density at radius 3 is 2.42 bits per heavy atom. The number of hydrogen-bond acceptors (Lipinski definition) is 3. The molecular formula is C5H3Cl2NO3S. The van der Waals surface area contributed by atoms with Gasteiger partial charge in [0.15, 0.2) is 0 Å². The van der Waals surface area contributed by atoms with Gasteiger partial charge in [-0.2, -0.15) is 0 Å². The van der Waals surface area contributed by atoms with Crippen molar-refractivity contribution in [3.63, 3.8) is 0 Å². The van der Waals surface area contributed by atoms with Crippen LogP contribution in [0.25, 0.3) is 0 Å². The van der Waals surface area contributed by atoms with Crippen LogP contribution in [0.2, 0.25) is 5.02 Å². The molecule has 0 amide bonds. The first kappa shape index (κ1) is 9.57. The Morgan fingerprint density at radius 1 is 1.42 bits per heavy atom. The van der Waals surface area contributed by atoms with Crippen molar-refractivity contribution in [3.05, 3.63) is 27.6 Å². The summed E-state index contributed by atoms with van der Waals surface area (Å²) in [7, 11) is 1.04. The number of nitrogens with one attached hydrogen (secondary N) is 1. The highest BCUT2D eigenvalue weighted by Crippen LogP contribution is 2.19. The Balaban J connectivity index is 3.58. The van der Waals surface area contributed by atoms with Crippen LogP contribution in [0.1, 0.15) is 0 Å². The zero-order chi connectivity index (χ0) is 9.35. The van der Waals surface area contributed by atoms with Crippen molar-refractivity contribution in [3.8, 4) is 0 Å². The first-order chi connectivity index (χ1) is 5.43. The van der Waals surface area contributed by atoms with Crippen LogP contribution in [0.5, 0.6) is 0 Å². The summed E-state index contributed by atoms with van der Waals surface area (Å²) in [6, 6.07) is 1.12. The second-order valence-electron chi connectivity index (χ2n) is 1.92. The van der Waals surface area contributed by atoms with Gasteiger partial charge >= 0.3 is 0 Å². The second kappa shape index (κ2) is 3.08. The third kappa shape index (κ3) is 1.80. The topological polar surface area (TPSA) is 67.0 Å². The molecule has 0 spiro atoms. The zero-order valence-corrected chi connectivity index (χ0v) is 7.87. The van der Waals surface area contributed by atoms with Gasteiger partial charge in [-0.3, -0.25) is 4.79 Å². The van der Waals surface area contributed by atoms with Crippen molar-refractivity contribution in [2.24, 2.45) is 0 Å². The van der Waals surface area contributed by atoms with Gasteiger partial charge in [0.2, 0.25) is 0 Å². The molecule has 0 radical (unpaired) electrons. The van der Waals surface area contributed by atoms with Crippen molar-refractivity contribution in [2.75, 3.05) is 0 Å². The maximum absolute atomic E-state index is 10.8. The molecule has 0 saturated heterocycles. The first-order valence-corrected chi connectivity index (χ1v) is 5.43. The quantitative estimate of drug-likeness (QED) is 0.727. The molecule has 66 valence electrons. The number of pyridine rings is 1. The molecule has 1 rings (SSSR count). The van der Waals surface area contributed by atoms with E-state index in [0.29, 0.717) is 0 Å². The Kier molecular flexibility index (Phi) is 2.46. The van der Waals surface area contributed by atoms with E-state index in [-0.39, 0.29) is 4.90 Å². The van der Waals surface area contributed by atoms with Crippen molar-refractivity contribution >= 4 is 31.3 Å². The molecule has 1 N–H and O–H groups in total. The largest absolute Gasteiger partial charge is 0.328 e. The van der Waals surface area contributed by atoms with E-state index in [9.17, 15) is 13.2 Å². The maximum atomic E-state index is 10.8. The van der Waals surface area contributed by atoms with E-state index in [1.807, 2.05) is 0 Å². The average molecular weight is 228 g/mol. The summed E-state index contributed by atoms with van der Waals surface area (Å²) < 4.78 is 21.5. The molecule has 0 aliphatic rings. The summed E-state index contributed by atoms with van der Waals surface area (Å²) in [6.07, 6.45) is 1.16. The SMILES string of the molecule is O=c1[nH]ccc(S(=O)(=O)Cl)c1Cl. The molecule has 0 aliphatic heterocycles. The fourth-order valence-corrected chi connectivity index (χ4v) is 2.09. The maximum Gasteiger partial charge on any atom is 0.268 e. The van der Waals surface area contributed by atoms with Gasteiger partial charge in [0.1, 0.15) is 9.92 Å². The van der Waals surface area contributed by atoms with Crippen molar-refractivity contribution < 1.29 is 8.42 Å². The lowest BCUT2D eigenvalue weighted by Gasteiger charge is -1.95. The molecule has 1 aromatic heterocycles. The fraction of sp³-hybridized carbons (Fsp3) is 0. The van der Waals surface area contributed by atoms with E-state index in [1.54, 1.807) is 0 Å². The first-order valence-electron chi connectivity index (χ1n) is 2.75. The minimum absolute atomic E-state index is 0.380. The predicted octanol–water partition coefficient (Wildman–Crippen LogP) is 0.956. The van der Waals surface area contributed by atoms with Gasteiger partial charge in [0.05, 0.1) is 0 Å². The van der Waals surface area contributed by atoms with Crippen LogP contribution in [0.3, 0.4) is 0 Å². The standard InChI is InChI=1S/C5H3Cl2NO3S/c6-4-3(12(7,10)11)1-2-8-5(4)9/h1-2H,(H,8,9). The molecule has 0 aliphatic carbocycles. The lowest BCUT2D eigenvalue weighted by Crippen LogP contribution is -2.08. The Hall–Kier alpha value is -0.520. The van der Waals surface area contributed by atoms with E-state index >= 15 is 0 Å². The summed E-state index contributed by atoms with van der Waals surface area (Å²) in [5.41, 5.74) is -0.682. The van der Waals surface area contributed by atoms with Gasteiger partial charge in [0.25, 0.3) is 14.6 Å². The van der Waals surface area contributed by atoms with Crippen LogP contribution in [-0.2, 0) is 9.05 Å². The molecule has 0 bridgehead atoms. The molecule has 1 aromatic rings. The van der Waals surface area contributed by atoms with Gasteiger partial charge in [0, 0.05) is 16.9 Å².